The molecule has 0 aliphatic heterocycles. The smallest absolute Gasteiger partial charge is 0.204 e. The van der Waals surface area contributed by atoms with Crippen LogP contribution in [0.1, 0.15) is 52.7 Å². The van der Waals surface area contributed by atoms with Crippen molar-refractivity contribution < 1.29 is 28.4 Å². The van der Waals surface area contributed by atoms with Crippen molar-refractivity contribution in [1.82, 2.24) is 19.9 Å². The predicted octanol–water partition coefficient (Wildman–Crippen LogP) is 12.4. The lowest BCUT2D eigenvalue weighted by molar-refractivity contribution is 0.329. The van der Waals surface area contributed by atoms with Gasteiger partial charge in [0.1, 0.15) is 23.7 Å². The topological polar surface area (TPSA) is 107 Å². The summed E-state index contributed by atoms with van der Waals surface area (Å²) in [6, 6.07) is 9.62. The molecule has 0 saturated carbocycles. The third kappa shape index (κ3) is 3.70. The van der Waals surface area contributed by atoms with Gasteiger partial charge in [-0.15, -0.1) is 0 Å². The lowest BCUT2D eigenvalue weighted by Gasteiger charge is -2.32. The first-order valence-corrected chi connectivity index (χ1v) is 20.9. The largest absolute Gasteiger partial charge is 0.492 e. The van der Waals surface area contributed by atoms with Gasteiger partial charge in [0, 0.05) is 53.9 Å². The summed E-state index contributed by atoms with van der Waals surface area (Å²) in [6.07, 6.45) is 3.27. The van der Waals surface area contributed by atoms with Gasteiger partial charge in [-0.25, -0.2) is 19.9 Å². The van der Waals surface area contributed by atoms with Crippen LogP contribution in [0.25, 0.3) is 130 Å². The first-order chi connectivity index (χ1) is 29.8. The SMILES string of the molecule is COc1c(OC)c2c3cc(C(C)(C)C)cc4c5cc(C(C)(C)C)cc6c7c(OC)c(OC)c(OC)c8c9ncnc%10c%11ncnc%12c(c1OC)c2c1c(c43)c(c56)c(c78)c(c%109)c1c%11%12. The first-order valence-electron chi connectivity index (χ1n) is 20.9. The Kier molecular flexibility index (Phi) is 6.41. The van der Waals surface area contributed by atoms with Crippen LogP contribution in [0.15, 0.2) is 36.9 Å². The molecule has 0 atom stereocenters. The minimum atomic E-state index is -0.205. The quantitative estimate of drug-likeness (QED) is 0.119. The number of hydrogen-bond acceptors (Lipinski definition) is 10. The Hall–Kier alpha value is -6.94. The Morgan fingerprint density at radius 2 is 0.565 bits per heavy atom. The van der Waals surface area contributed by atoms with Crippen LogP contribution in [0.5, 0.6) is 34.5 Å². The molecule has 2 aromatic heterocycles. The maximum absolute atomic E-state index is 6.51. The van der Waals surface area contributed by atoms with Gasteiger partial charge in [-0.1, -0.05) is 41.5 Å². The number of fused-ring (bicyclic) bond motifs is 6. The molecule has 0 radical (unpaired) electrons. The van der Waals surface area contributed by atoms with E-state index in [1.807, 2.05) is 0 Å². The molecule has 0 bridgehead atoms. The number of hydrogen-bond donors (Lipinski definition) is 0. The van der Waals surface area contributed by atoms with E-state index in [0.717, 1.165) is 108 Å². The van der Waals surface area contributed by atoms with Crippen LogP contribution < -0.4 is 28.4 Å². The van der Waals surface area contributed by atoms with E-state index in [1.165, 1.54) is 32.7 Å². The van der Waals surface area contributed by atoms with Crippen LogP contribution in [0, 0.1) is 0 Å². The lowest BCUT2D eigenvalue weighted by Crippen LogP contribution is -2.13. The molecule has 0 fully saturated rings. The summed E-state index contributed by atoms with van der Waals surface area (Å²) < 4.78 is 38.5. The molecule has 0 N–H and O–H groups in total. The van der Waals surface area contributed by atoms with Gasteiger partial charge < -0.3 is 28.4 Å². The molecule has 2 heterocycles. The average Bonchev–Trinajstić information content (AvgIpc) is 3.27. The minimum absolute atomic E-state index is 0.205. The normalized spacial score (nSPS) is 13.5. The van der Waals surface area contributed by atoms with Crippen LogP contribution in [0.4, 0.5) is 0 Å². The summed E-state index contributed by atoms with van der Waals surface area (Å²) in [4.78, 5) is 20.4. The predicted molar refractivity (Wildman–Crippen MR) is 252 cm³/mol. The van der Waals surface area contributed by atoms with Crippen LogP contribution >= 0.6 is 0 Å². The Bertz CT molecular complexity index is 3810. The van der Waals surface area contributed by atoms with Crippen molar-refractivity contribution in [3.63, 3.8) is 0 Å². The van der Waals surface area contributed by atoms with Gasteiger partial charge >= 0.3 is 0 Å². The molecule has 0 aliphatic rings. The summed E-state index contributed by atoms with van der Waals surface area (Å²) in [5.74, 6) is 3.36. The number of nitrogens with zero attached hydrogens (tertiary/aromatic N) is 4. The molecule has 62 heavy (non-hydrogen) atoms. The van der Waals surface area contributed by atoms with Gasteiger partial charge in [-0.2, -0.15) is 0 Å². The van der Waals surface area contributed by atoms with E-state index in [-0.39, 0.29) is 10.8 Å². The molecule has 10 heteroatoms. The van der Waals surface area contributed by atoms with E-state index in [0.29, 0.717) is 34.5 Å². The van der Waals surface area contributed by atoms with Gasteiger partial charge in [0.15, 0.2) is 23.0 Å². The number of aromatic nitrogens is 4. The van der Waals surface area contributed by atoms with Gasteiger partial charge in [0.05, 0.1) is 64.5 Å². The van der Waals surface area contributed by atoms with E-state index in [9.17, 15) is 0 Å². The summed E-state index contributed by atoms with van der Waals surface area (Å²) in [5, 5.41) is 20.9. The third-order valence-electron chi connectivity index (χ3n) is 14.2. The molecule has 306 valence electrons. The Labute approximate surface area is 354 Å². The van der Waals surface area contributed by atoms with E-state index in [1.54, 1.807) is 55.3 Å². The second-order valence-corrected chi connectivity index (χ2v) is 19.0. The zero-order valence-electron chi connectivity index (χ0n) is 36.7. The fourth-order valence-corrected chi connectivity index (χ4v) is 11.7. The number of ether oxygens (including phenoxy) is 6. The van der Waals surface area contributed by atoms with Crippen LogP contribution in [-0.2, 0) is 10.8 Å². The van der Waals surface area contributed by atoms with E-state index in [2.05, 4.69) is 65.8 Å². The molecule has 0 amide bonds. The molecule has 0 spiro atoms. The van der Waals surface area contributed by atoms with Crippen molar-refractivity contribution in [2.45, 2.75) is 52.4 Å². The van der Waals surface area contributed by atoms with Gasteiger partial charge in [0.2, 0.25) is 11.5 Å². The van der Waals surface area contributed by atoms with Crippen molar-refractivity contribution in [2.75, 3.05) is 42.7 Å². The molecule has 13 rings (SSSR count). The van der Waals surface area contributed by atoms with Crippen LogP contribution in [0.2, 0.25) is 0 Å². The van der Waals surface area contributed by atoms with E-state index in [4.69, 9.17) is 48.4 Å². The Morgan fingerprint density at radius 3 is 0.903 bits per heavy atom. The number of benzene rings is 11. The van der Waals surface area contributed by atoms with Gasteiger partial charge in [-0.3, -0.25) is 0 Å². The van der Waals surface area contributed by atoms with Gasteiger partial charge in [-0.05, 0) is 89.3 Å². The van der Waals surface area contributed by atoms with E-state index >= 15 is 0 Å². The van der Waals surface area contributed by atoms with Crippen molar-refractivity contribution in [2.24, 2.45) is 0 Å². The second-order valence-electron chi connectivity index (χ2n) is 19.0. The standard InChI is InChI=1S/C52H42N4O6/c1-51(2,3)19-13-21-22-14-20(52(4,5)6)16-24-26(22)30-29-25(21)23(15-19)27-31-33(29)35-36-34(30)32-28(24)46(58-8)50(62-12)48(60-10)40(32)42-38(36)44(56-18-54-42)43-37(35)41(53-17-55-43)39(31)47(59-9)49(61-11)45(27)57-7/h13-18H,1-12H3. The molecular formula is C52H42N4O6. The highest BCUT2D eigenvalue weighted by molar-refractivity contribution is 6.61. The average molecular weight is 819 g/mol. The highest BCUT2D eigenvalue weighted by Gasteiger charge is 2.38. The van der Waals surface area contributed by atoms with Crippen molar-refractivity contribution in [3.05, 3.63) is 48.0 Å². The number of methoxy groups -OCH3 is 6. The molecule has 0 saturated heterocycles. The van der Waals surface area contributed by atoms with Crippen LogP contribution in [0.3, 0.4) is 0 Å². The van der Waals surface area contributed by atoms with Gasteiger partial charge in [0.25, 0.3) is 0 Å². The first kappa shape index (κ1) is 35.8. The minimum Gasteiger partial charge on any atom is -0.492 e. The molecule has 11 aromatic carbocycles. The monoisotopic (exact) mass is 818 g/mol. The summed E-state index contributed by atoms with van der Waals surface area (Å²) in [5.41, 5.74) is 4.96. The number of rotatable bonds is 6. The zero-order chi connectivity index (χ0) is 42.8. The molecule has 10 nitrogen and oxygen atoms in total. The summed E-state index contributed by atoms with van der Waals surface area (Å²) in [7, 11) is 10.2. The lowest BCUT2D eigenvalue weighted by atomic mass is 9.72. The molecular weight excluding hydrogens is 777 g/mol. The van der Waals surface area contributed by atoms with Crippen LogP contribution in [-0.4, -0.2) is 62.6 Å². The fourth-order valence-electron chi connectivity index (χ4n) is 11.7. The highest BCUT2D eigenvalue weighted by Crippen LogP contribution is 2.65. The van der Waals surface area contributed by atoms with Crippen molar-refractivity contribution in [1.29, 1.82) is 0 Å². The molecule has 13 aromatic rings. The molecule has 0 aliphatic carbocycles. The van der Waals surface area contributed by atoms with E-state index < -0.39 is 0 Å². The maximum Gasteiger partial charge on any atom is 0.204 e. The fraction of sp³-hybridized carbons (Fsp3) is 0.269. The maximum atomic E-state index is 6.51. The Morgan fingerprint density at radius 1 is 0.290 bits per heavy atom. The zero-order valence-corrected chi connectivity index (χ0v) is 36.7. The van der Waals surface area contributed by atoms with Crippen molar-refractivity contribution >= 4 is 130 Å². The second kappa shape index (κ2) is 11.1. The summed E-state index contributed by atoms with van der Waals surface area (Å²) >= 11 is 0. The van der Waals surface area contributed by atoms with Crippen molar-refractivity contribution in [3.8, 4) is 34.5 Å². The molecule has 0 unspecified atom stereocenters. The third-order valence-corrected chi connectivity index (χ3v) is 14.2. The summed E-state index contributed by atoms with van der Waals surface area (Å²) in [6.45, 7) is 13.7. The Balaban J connectivity index is 1.56. The highest BCUT2D eigenvalue weighted by atomic mass is 16.5.